The predicted molar refractivity (Wildman–Crippen MR) is 128 cm³/mol. The summed E-state index contributed by atoms with van der Waals surface area (Å²) in [6, 6.07) is 13.4. The number of methoxy groups -OCH3 is 1. The number of hydrogen-bond donors (Lipinski definition) is 1. The summed E-state index contributed by atoms with van der Waals surface area (Å²) < 4.78 is 7.53. The molecule has 1 aliphatic rings. The maximum absolute atomic E-state index is 10.4. The maximum atomic E-state index is 10.4. The molecule has 1 fully saturated rings. The van der Waals surface area contributed by atoms with Gasteiger partial charge in [-0.15, -0.1) is 0 Å². The summed E-state index contributed by atoms with van der Waals surface area (Å²) in [5.41, 5.74) is 4.18. The molecule has 1 aromatic heterocycles. The molecule has 0 saturated heterocycles. The Hall–Kier alpha value is -1.62. The second-order valence-corrected chi connectivity index (χ2v) is 10.4. The van der Waals surface area contributed by atoms with Gasteiger partial charge in [-0.2, -0.15) is 0 Å². The lowest BCUT2D eigenvalue weighted by Gasteiger charge is -2.31. The van der Waals surface area contributed by atoms with Crippen LogP contribution in [0.5, 0.6) is 0 Å². The van der Waals surface area contributed by atoms with E-state index in [2.05, 4.69) is 72.8 Å². The van der Waals surface area contributed by atoms with Crippen LogP contribution in [-0.2, 0) is 23.2 Å². The molecule has 2 aromatic rings. The summed E-state index contributed by atoms with van der Waals surface area (Å²) >= 11 is 0. The monoisotopic (exact) mass is 426 g/mol. The second-order valence-electron chi connectivity index (χ2n) is 10.4. The molecule has 1 N–H and O–H groups in total. The summed E-state index contributed by atoms with van der Waals surface area (Å²) in [5, 5.41) is 10.4. The molecule has 0 amide bonds. The van der Waals surface area contributed by atoms with Gasteiger partial charge in [0.05, 0.1) is 12.7 Å². The normalized spacial score (nSPS) is 16.7. The van der Waals surface area contributed by atoms with E-state index in [4.69, 9.17) is 4.74 Å². The van der Waals surface area contributed by atoms with Crippen molar-refractivity contribution in [3.63, 3.8) is 0 Å². The Kier molecular flexibility index (Phi) is 8.76. The van der Waals surface area contributed by atoms with Gasteiger partial charge in [-0.3, -0.25) is 4.90 Å². The molecule has 1 unspecified atom stereocenters. The molecule has 3 rings (SSSR count). The van der Waals surface area contributed by atoms with Gasteiger partial charge in [0.15, 0.2) is 0 Å². The molecule has 172 valence electrons. The minimum Gasteiger partial charge on any atom is -0.389 e. The first-order valence-corrected chi connectivity index (χ1v) is 12.0. The molecular weight excluding hydrogens is 384 g/mol. The van der Waals surface area contributed by atoms with E-state index in [0.29, 0.717) is 13.2 Å². The third-order valence-electron chi connectivity index (χ3n) is 6.55. The van der Waals surface area contributed by atoms with Gasteiger partial charge in [0.2, 0.25) is 0 Å². The van der Waals surface area contributed by atoms with Crippen LogP contribution in [0.15, 0.2) is 42.6 Å². The van der Waals surface area contributed by atoms with E-state index in [1.54, 1.807) is 7.11 Å². The number of aromatic nitrogens is 1. The van der Waals surface area contributed by atoms with E-state index < -0.39 is 6.10 Å². The number of hydrogen-bond acceptors (Lipinski definition) is 3. The van der Waals surface area contributed by atoms with E-state index in [1.807, 2.05) is 0 Å². The molecule has 0 aliphatic heterocycles. The first-order chi connectivity index (χ1) is 14.8. The van der Waals surface area contributed by atoms with Crippen LogP contribution in [0.1, 0.15) is 69.7 Å². The van der Waals surface area contributed by atoms with Crippen LogP contribution >= 0.6 is 0 Å². The Bertz CT molecular complexity index is 769. The summed E-state index contributed by atoms with van der Waals surface area (Å²) in [7, 11) is 1.66. The van der Waals surface area contributed by atoms with Crippen molar-refractivity contribution in [3.05, 3.63) is 59.4 Å². The Morgan fingerprint density at radius 2 is 1.81 bits per heavy atom. The summed E-state index contributed by atoms with van der Waals surface area (Å²) in [5.74, 6) is 0.747. The van der Waals surface area contributed by atoms with Crippen molar-refractivity contribution in [1.29, 1.82) is 0 Å². The molecule has 1 aliphatic carbocycles. The molecule has 0 bridgehead atoms. The molecule has 0 spiro atoms. The topological polar surface area (TPSA) is 37.6 Å². The van der Waals surface area contributed by atoms with Crippen LogP contribution in [0.25, 0.3) is 0 Å². The Morgan fingerprint density at radius 3 is 2.45 bits per heavy atom. The van der Waals surface area contributed by atoms with Crippen LogP contribution in [0.2, 0.25) is 0 Å². The number of rotatable bonds is 10. The molecule has 1 aromatic carbocycles. The van der Waals surface area contributed by atoms with E-state index in [-0.39, 0.29) is 5.41 Å². The fourth-order valence-corrected chi connectivity index (χ4v) is 4.76. The lowest BCUT2D eigenvalue weighted by atomic mass is 9.87. The van der Waals surface area contributed by atoms with Crippen molar-refractivity contribution in [2.75, 3.05) is 26.8 Å². The first-order valence-electron chi connectivity index (χ1n) is 12.0. The summed E-state index contributed by atoms with van der Waals surface area (Å²) in [6.07, 6.45) is 8.44. The lowest BCUT2D eigenvalue weighted by Crippen LogP contribution is -2.38. The highest BCUT2D eigenvalue weighted by molar-refractivity contribution is 5.28. The molecule has 4 heteroatoms. The van der Waals surface area contributed by atoms with E-state index in [1.165, 1.54) is 48.9 Å². The predicted octanol–water partition coefficient (Wildman–Crippen LogP) is 5.22. The Morgan fingerprint density at radius 1 is 1.10 bits per heavy atom. The zero-order valence-electron chi connectivity index (χ0n) is 20.0. The fourth-order valence-electron chi connectivity index (χ4n) is 4.76. The number of aliphatic hydroxyl groups is 1. The smallest absolute Gasteiger partial charge is 0.0900 e. The fraction of sp³-hybridized carbons (Fsp3) is 0.630. The van der Waals surface area contributed by atoms with Crippen molar-refractivity contribution in [2.45, 2.75) is 77.5 Å². The highest BCUT2D eigenvalue weighted by Gasteiger charge is 2.21. The van der Waals surface area contributed by atoms with Gasteiger partial charge in [-0.1, -0.05) is 64.3 Å². The van der Waals surface area contributed by atoms with Crippen LogP contribution in [0.4, 0.5) is 0 Å². The largest absolute Gasteiger partial charge is 0.389 e. The lowest BCUT2D eigenvalue weighted by molar-refractivity contribution is 0.0297. The third-order valence-corrected chi connectivity index (χ3v) is 6.55. The average Bonchev–Trinajstić information content (AvgIpc) is 3.15. The average molecular weight is 427 g/mol. The van der Waals surface area contributed by atoms with Crippen LogP contribution in [0, 0.1) is 5.92 Å². The quantitative estimate of drug-likeness (QED) is 0.566. The van der Waals surface area contributed by atoms with Gasteiger partial charge < -0.3 is 14.4 Å². The second kappa shape index (κ2) is 11.3. The Labute approximate surface area is 189 Å². The molecule has 31 heavy (non-hydrogen) atoms. The van der Waals surface area contributed by atoms with Crippen LogP contribution < -0.4 is 0 Å². The van der Waals surface area contributed by atoms with Crippen molar-refractivity contribution in [2.24, 2.45) is 5.92 Å². The minimum atomic E-state index is -0.443. The van der Waals surface area contributed by atoms with Crippen LogP contribution in [-0.4, -0.2) is 47.5 Å². The molecule has 1 heterocycles. The van der Waals surface area contributed by atoms with Gasteiger partial charge in [-0.25, -0.2) is 0 Å². The van der Waals surface area contributed by atoms with Crippen molar-refractivity contribution in [3.8, 4) is 0 Å². The Balaban J connectivity index is 1.67. The van der Waals surface area contributed by atoms with Gasteiger partial charge in [0, 0.05) is 45.2 Å². The van der Waals surface area contributed by atoms with Crippen molar-refractivity contribution < 1.29 is 9.84 Å². The van der Waals surface area contributed by atoms with Crippen LogP contribution in [0.3, 0.4) is 0 Å². The summed E-state index contributed by atoms with van der Waals surface area (Å²) in [4.78, 5) is 2.44. The summed E-state index contributed by atoms with van der Waals surface area (Å²) in [6.45, 7) is 10.6. The highest BCUT2D eigenvalue weighted by atomic mass is 16.5. The van der Waals surface area contributed by atoms with Gasteiger partial charge in [0.1, 0.15) is 0 Å². The minimum absolute atomic E-state index is 0.180. The number of aliphatic hydroxyl groups excluding tert-OH is 1. The molecule has 0 radical (unpaired) electrons. The number of nitrogens with zero attached hydrogens (tertiary/aromatic N) is 2. The zero-order valence-corrected chi connectivity index (χ0v) is 20.0. The molecule has 4 nitrogen and oxygen atoms in total. The standard InChI is InChI=1S/C27H42N2O2/c1-27(2,3)24-14-12-23(13-15-24)18-29-16-8-11-25(29)19-28(20-26(30)21-31-4)17-22-9-6-5-7-10-22/h8,11-16,22,26,30H,5-7,9-10,17-21H2,1-4H3. The van der Waals surface area contributed by atoms with Gasteiger partial charge in [-0.05, 0) is 47.4 Å². The van der Waals surface area contributed by atoms with Gasteiger partial charge >= 0.3 is 0 Å². The first kappa shape index (κ1) is 24.0. The number of benzene rings is 1. The molecule has 1 saturated carbocycles. The maximum Gasteiger partial charge on any atom is 0.0900 e. The van der Waals surface area contributed by atoms with E-state index in [0.717, 1.165) is 25.6 Å². The van der Waals surface area contributed by atoms with Crippen molar-refractivity contribution in [1.82, 2.24) is 9.47 Å². The van der Waals surface area contributed by atoms with E-state index in [9.17, 15) is 5.11 Å². The van der Waals surface area contributed by atoms with Crippen molar-refractivity contribution >= 4 is 0 Å². The third kappa shape index (κ3) is 7.48. The van der Waals surface area contributed by atoms with Gasteiger partial charge in [0.25, 0.3) is 0 Å². The SMILES string of the molecule is COCC(O)CN(Cc1cccn1Cc1ccc(C(C)(C)C)cc1)CC1CCCCC1. The molecule has 1 atom stereocenters. The molecular formula is C27H42N2O2. The number of ether oxygens (including phenoxy) is 1. The van der Waals surface area contributed by atoms with E-state index >= 15 is 0 Å². The zero-order chi connectivity index (χ0) is 22.3. The highest BCUT2D eigenvalue weighted by Crippen LogP contribution is 2.26.